The molecule has 1 aromatic heterocycles. The summed E-state index contributed by atoms with van der Waals surface area (Å²) in [5, 5.41) is 8.69. The smallest absolute Gasteiger partial charge is 0.170 e. The summed E-state index contributed by atoms with van der Waals surface area (Å²) >= 11 is 6.26. The van der Waals surface area contributed by atoms with E-state index in [1.54, 1.807) is 0 Å². The molecule has 0 bridgehead atoms. The van der Waals surface area contributed by atoms with Crippen molar-refractivity contribution in [1.29, 1.82) is 0 Å². The van der Waals surface area contributed by atoms with Crippen LogP contribution in [0.2, 0.25) is 5.02 Å². The van der Waals surface area contributed by atoms with Gasteiger partial charge in [-0.2, -0.15) is 0 Å². The van der Waals surface area contributed by atoms with Gasteiger partial charge in [-0.3, -0.25) is 0 Å². The van der Waals surface area contributed by atoms with Crippen LogP contribution in [0.1, 0.15) is 30.6 Å². The van der Waals surface area contributed by atoms with E-state index in [1.165, 1.54) is 0 Å². The lowest BCUT2D eigenvalue weighted by Crippen LogP contribution is -2.21. The predicted molar refractivity (Wildman–Crippen MR) is 83.5 cm³/mol. The molecule has 114 valence electrons. The summed E-state index contributed by atoms with van der Waals surface area (Å²) in [5.74, 6) is 2.29. The first kappa shape index (κ1) is 15.8. The number of aryl methyl sites for hydroxylation is 1. The molecule has 21 heavy (non-hydrogen) atoms. The molecule has 2 rings (SSSR count). The van der Waals surface area contributed by atoms with Gasteiger partial charge in [0, 0.05) is 13.1 Å². The van der Waals surface area contributed by atoms with Crippen LogP contribution in [-0.2, 0) is 20.1 Å². The lowest BCUT2D eigenvalue weighted by molar-refractivity contribution is 0.287. The van der Waals surface area contributed by atoms with Crippen LogP contribution in [0.3, 0.4) is 0 Å². The molecule has 1 heterocycles. The minimum atomic E-state index is 0.0999. The molecule has 0 aliphatic carbocycles. The third-order valence-corrected chi connectivity index (χ3v) is 3.88. The number of aromatic nitrogens is 3. The summed E-state index contributed by atoms with van der Waals surface area (Å²) in [6.07, 6.45) is 1.65. The molecule has 1 atom stereocenters. The number of ether oxygens (including phenoxy) is 1. The molecule has 0 saturated heterocycles. The van der Waals surface area contributed by atoms with Crippen LogP contribution in [0.25, 0.3) is 0 Å². The van der Waals surface area contributed by atoms with E-state index in [9.17, 15) is 0 Å². The zero-order chi connectivity index (χ0) is 15.4. The molecule has 2 N–H and O–H groups in total. The van der Waals surface area contributed by atoms with E-state index in [1.807, 2.05) is 36.7 Å². The molecule has 0 radical (unpaired) electrons. The number of nitrogens with zero attached hydrogens (tertiary/aromatic N) is 3. The van der Waals surface area contributed by atoms with E-state index in [4.69, 9.17) is 22.1 Å². The molecule has 1 aromatic carbocycles. The Hall–Kier alpha value is -1.59. The number of benzene rings is 1. The number of nitrogens with two attached hydrogens (primary N) is 1. The van der Waals surface area contributed by atoms with Crippen LogP contribution in [0.4, 0.5) is 0 Å². The Morgan fingerprint density at radius 1 is 1.38 bits per heavy atom. The molecule has 0 saturated carbocycles. The Labute approximate surface area is 130 Å². The Morgan fingerprint density at radius 2 is 2.14 bits per heavy atom. The van der Waals surface area contributed by atoms with Gasteiger partial charge >= 0.3 is 0 Å². The lowest BCUT2D eigenvalue weighted by Gasteiger charge is -2.15. The van der Waals surface area contributed by atoms with Crippen LogP contribution < -0.4 is 10.5 Å². The van der Waals surface area contributed by atoms with Gasteiger partial charge in [-0.05, 0) is 31.4 Å². The second kappa shape index (κ2) is 6.91. The molecular weight excluding hydrogens is 288 g/mol. The summed E-state index contributed by atoms with van der Waals surface area (Å²) in [6.45, 7) is 4.30. The van der Waals surface area contributed by atoms with Crippen molar-refractivity contribution in [2.45, 2.75) is 39.3 Å². The first-order valence-corrected chi connectivity index (χ1v) is 7.41. The molecule has 0 aliphatic heterocycles. The van der Waals surface area contributed by atoms with Crippen molar-refractivity contribution in [3.05, 3.63) is 40.4 Å². The fourth-order valence-electron chi connectivity index (χ4n) is 2.02. The van der Waals surface area contributed by atoms with Gasteiger partial charge in [-0.25, -0.2) is 0 Å². The average Bonchev–Trinajstić information content (AvgIpc) is 2.78. The lowest BCUT2D eigenvalue weighted by atomic mass is 10.0. The highest BCUT2D eigenvalue weighted by atomic mass is 35.5. The third-order valence-electron chi connectivity index (χ3n) is 3.58. The molecule has 1 unspecified atom stereocenters. The maximum absolute atomic E-state index is 6.26. The van der Waals surface area contributed by atoms with Gasteiger partial charge in [-0.1, -0.05) is 30.7 Å². The molecule has 0 fully saturated rings. The summed E-state index contributed by atoms with van der Waals surface area (Å²) in [7, 11) is 1.91. The predicted octanol–water partition coefficient (Wildman–Crippen LogP) is 2.64. The van der Waals surface area contributed by atoms with Crippen molar-refractivity contribution in [3.63, 3.8) is 0 Å². The largest absolute Gasteiger partial charge is 0.484 e. The topological polar surface area (TPSA) is 66.0 Å². The highest BCUT2D eigenvalue weighted by molar-refractivity contribution is 6.32. The van der Waals surface area contributed by atoms with Crippen molar-refractivity contribution in [2.75, 3.05) is 0 Å². The van der Waals surface area contributed by atoms with Crippen molar-refractivity contribution >= 4 is 11.6 Å². The maximum Gasteiger partial charge on any atom is 0.170 e. The zero-order valence-electron chi connectivity index (χ0n) is 12.6. The summed E-state index contributed by atoms with van der Waals surface area (Å²) < 4.78 is 7.78. The fraction of sp³-hybridized carbons (Fsp3) is 0.467. The molecular formula is C15H21ClN4O. The number of para-hydroxylation sites is 1. The Morgan fingerprint density at radius 3 is 2.76 bits per heavy atom. The standard InChI is InChI=1S/C15H21ClN4O/c1-4-12(17)8-11-6-5-7-13(16)15(11)21-9-14-19-18-10(2)20(14)3/h5-7,12H,4,8-9,17H2,1-3H3. The van der Waals surface area contributed by atoms with E-state index in [2.05, 4.69) is 17.1 Å². The van der Waals surface area contributed by atoms with Gasteiger partial charge in [0.05, 0.1) is 5.02 Å². The zero-order valence-corrected chi connectivity index (χ0v) is 13.4. The van der Waals surface area contributed by atoms with E-state index in [0.29, 0.717) is 17.4 Å². The van der Waals surface area contributed by atoms with E-state index in [0.717, 1.165) is 30.1 Å². The van der Waals surface area contributed by atoms with Gasteiger partial charge in [-0.15, -0.1) is 10.2 Å². The van der Waals surface area contributed by atoms with Gasteiger partial charge in [0.2, 0.25) is 0 Å². The van der Waals surface area contributed by atoms with Crippen LogP contribution >= 0.6 is 11.6 Å². The van der Waals surface area contributed by atoms with Gasteiger partial charge in [0.15, 0.2) is 5.82 Å². The number of rotatable bonds is 6. The van der Waals surface area contributed by atoms with E-state index < -0.39 is 0 Å². The highest BCUT2D eigenvalue weighted by Crippen LogP contribution is 2.30. The minimum Gasteiger partial charge on any atom is -0.484 e. The van der Waals surface area contributed by atoms with E-state index in [-0.39, 0.29) is 6.04 Å². The number of hydrogen-bond donors (Lipinski definition) is 1. The Kier molecular flexibility index (Phi) is 5.20. The van der Waals surface area contributed by atoms with Gasteiger partial charge in [0.1, 0.15) is 18.2 Å². The summed E-state index contributed by atoms with van der Waals surface area (Å²) in [4.78, 5) is 0. The summed E-state index contributed by atoms with van der Waals surface area (Å²) in [6, 6.07) is 5.83. The van der Waals surface area contributed by atoms with Crippen molar-refractivity contribution in [3.8, 4) is 5.75 Å². The number of hydrogen-bond acceptors (Lipinski definition) is 4. The van der Waals surface area contributed by atoms with Crippen LogP contribution in [0, 0.1) is 6.92 Å². The van der Waals surface area contributed by atoms with Crippen LogP contribution in [0.5, 0.6) is 5.75 Å². The second-order valence-corrected chi connectivity index (χ2v) is 5.52. The molecule has 0 aliphatic rings. The first-order chi connectivity index (χ1) is 10.0. The Bertz CT molecular complexity index is 612. The minimum absolute atomic E-state index is 0.0999. The SMILES string of the molecule is CCC(N)Cc1cccc(Cl)c1OCc1nnc(C)n1C. The quantitative estimate of drug-likeness (QED) is 0.891. The summed E-state index contributed by atoms with van der Waals surface area (Å²) in [5.41, 5.74) is 7.06. The monoisotopic (exact) mass is 308 g/mol. The first-order valence-electron chi connectivity index (χ1n) is 7.03. The van der Waals surface area contributed by atoms with Crippen molar-refractivity contribution < 1.29 is 4.74 Å². The molecule has 5 nitrogen and oxygen atoms in total. The highest BCUT2D eigenvalue weighted by Gasteiger charge is 2.13. The molecule has 2 aromatic rings. The van der Waals surface area contributed by atoms with Crippen LogP contribution in [-0.4, -0.2) is 20.8 Å². The molecule has 0 spiro atoms. The second-order valence-electron chi connectivity index (χ2n) is 5.11. The van der Waals surface area contributed by atoms with Gasteiger partial charge < -0.3 is 15.0 Å². The number of halogens is 1. The fourth-order valence-corrected chi connectivity index (χ4v) is 2.26. The molecule has 6 heteroatoms. The van der Waals surface area contributed by atoms with E-state index >= 15 is 0 Å². The van der Waals surface area contributed by atoms with Crippen molar-refractivity contribution in [1.82, 2.24) is 14.8 Å². The average molecular weight is 309 g/mol. The maximum atomic E-state index is 6.26. The van der Waals surface area contributed by atoms with Crippen molar-refractivity contribution in [2.24, 2.45) is 12.8 Å². The third kappa shape index (κ3) is 3.74. The normalized spacial score (nSPS) is 12.4. The van der Waals surface area contributed by atoms with Gasteiger partial charge in [0.25, 0.3) is 0 Å². The Balaban J connectivity index is 2.17. The molecule has 0 amide bonds. The van der Waals surface area contributed by atoms with Crippen LogP contribution in [0.15, 0.2) is 18.2 Å².